The first-order valence-electron chi connectivity index (χ1n) is 8.32. The molecule has 0 fully saturated rings. The minimum absolute atomic E-state index is 0.00220. The molecule has 1 amide bonds. The number of carbonyl (C=O) groups excluding carboxylic acids is 2. The molecule has 0 bridgehead atoms. The Bertz CT molecular complexity index is 747. The summed E-state index contributed by atoms with van der Waals surface area (Å²) in [4.78, 5) is 25.8. The molecule has 0 heterocycles. The molecule has 0 aliphatic rings. The molecule has 2 aromatic rings. The van der Waals surface area contributed by atoms with Crippen LogP contribution in [0.4, 0.5) is 4.39 Å². The molecule has 0 spiro atoms. The molecule has 2 aromatic carbocycles. The Morgan fingerprint density at radius 1 is 1.15 bits per heavy atom. The molecule has 0 aromatic heterocycles. The molecule has 4 nitrogen and oxygen atoms in total. The highest BCUT2D eigenvalue weighted by atomic mass is 35.5. The van der Waals surface area contributed by atoms with Crippen LogP contribution in [0, 0.1) is 5.82 Å². The maximum Gasteiger partial charge on any atom is 0.313 e. The molecule has 26 heavy (non-hydrogen) atoms. The molecule has 138 valence electrons. The highest BCUT2D eigenvalue weighted by Crippen LogP contribution is 2.22. The Morgan fingerprint density at radius 3 is 2.46 bits per heavy atom. The zero-order valence-electron chi connectivity index (χ0n) is 14.7. The van der Waals surface area contributed by atoms with Gasteiger partial charge in [0.2, 0.25) is 0 Å². The average molecular weight is 378 g/mol. The second kappa shape index (κ2) is 9.34. The summed E-state index contributed by atoms with van der Waals surface area (Å²) in [7, 11) is 1.51. The van der Waals surface area contributed by atoms with Crippen molar-refractivity contribution < 1.29 is 18.7 Å². The van der Waals surface area contributed by atoms with Gasteiger partial charge in [-0.25, -0.2) is 4.39 Å². The molecule has 0 aliphatic heterocycles. The van der Waals surface area contributed by atoms with Crippen LogP contribution in [-0.2, 0) is 20.9 Å². The van der Waals surface area contributed by atoms with Crippen molar-refractivity contribution in [1.29, 1.82) is 0 Å². The van der Waals surface area contributed by atoms with Crippen LogP contribution in [0.5, 0.6) is 0 Å². The monoisotopic (exact) mass is 377 g/mol. The number of rotatable bonds is 7. The third-order valence-corrected chi connectivity index (χ3v) is 4.47. The Balaban J connectivity index is 1.94. The number of nitrogens with zero attached hydrogens (tertiary/aromatic N) is 1. The number of benzene rings is 2. The normalized spacial score (nSPS) is 11.7. The zero-order valence-corrected chi connectivity index (χ0v) is 15.5. The number of likely N-dealkylation sites (N-methyl/N-ethyl adjacent to an activating group) is 1. The molecule has 0 saturated heterocycles. The summed E-state index contributed by atoms with van der Waals surface area (Å²) >= 11 is 5.97. The van der Waals surface area contributed by atoms with Crippen LogP contribution < -0.4 is 0 Å². The molecular formula is C20H21ClFNO3. The lowest BCUT2D eigenvalue weighted by Gasteiger charge is -2.19. The van der Waals surface area contributed by atoms with E-state index in [4.69, 9.17) is 16.3 Å². The Labute approximate surface area is 157 Å². The van der Waals surface area contributed by atoms with Crippen molar-refractivity contribution in [3.63, 3.8) is 0 Å². The average Bonchev–Trinajstić information content (AvgIpc) is 2.64. The first-order valence-corrected chi connectivity index (χ1v) is 8.70. The third kappa shape index (κ3) is 5.05. The first-order chi connectivity index (χ1) is 12.4. The van der Waals surface area contributed by atoms with Crippen LogP contribution in [0.3, 0.4) is 0 Å². The van der Waals surface area contributed by atoms with E-state index in [9.17, 15) is 14.0 Å². The van der Waals surface area contributed by atoms with Gasteiger partial charge in [-0.05, 0) is 24.1 Å². The Morgan fingerprint density at radius 2 is 1.85 bits per heavy atom. The Kier molecular flexibility index (Phi) is 7.16. The number of amides is 1. The van der Waals surface area contributed by atoms with E-state index < -0.39 is 30.2 Å². The van der Waals surface area contributed by atoms with E-state index in [1.165, 1.54) is 24.1 Å². The van der Waals surface area contributed by atoms with Crippen LogP contribution in [0.15, 0.2) is 48.5 Å². The van der Waals surface area contributed by atoms with Crippen LogP contribution in [0.1, 0.15) is 30.4 Å². The smallest absolute Gasteiger partial charge is 0.313 e. The Hall–Kier alpha value is -2.40. The van der Waals surface area contributed by atoms with E-state index in [1.807, 2.05) is 37.3 Å². The number of esters is 1. The van der Waals surface area contributed by atoms with Crippen LogP contribution in [-0.4, -0.2) is 30.4 Å². The molecule has 0 saturated carbocycles. The number of hydrogen-bond acceptors (Lipinski definition) is 3. The van der Waals surface area contributed by atoms with E-state index in [2.05, 4.69) is 0 Å². The highest BCUT2D eigenvalue weighted by molar-refractivity contribution is 6.31. The van der Waals surface area contributed by atoms with Crippen LogP contribution >= 0.6 is 11.6 Å². The minimum Gasteiger partial charge on any atom is -0.455 e. The molecule has 2 rings (SSSR count). The SMILES string of the molecule is CCC(C(=O)OCC(=O)N(C)Cc1c(F)cccc1Cl)c1ccccc1. The molecule has 1 atom stereocenters. The van der Waals surface area contributed by atoms with E-state index in [0.29, 0.717) is 6.42 Å². The van der Waals surface area contributed by atoms with Crippen molar-refractivity contribution in [1.82, 2.24) is 4.90 Å². The fourth-order valence-electron chi connectivity index (χ4n) is 2.58. The number of carbonyl (C=O) groups is 2. The molecule has 1 unspecified atom stereocenters. The van der Waals surface area contributed by atoms with Gasteiger partial charge in [0, 0.05) is 24.2 Å². The maximum absolute atomic E-state index is 13.8. The van der Waals surface area contributed by atoms with Gasteiger partial charge in [-0.15, -0.1) is 0 Å². The summed E-state index contributed by atoms with van der Waals surface area (Å²) in [6.45, 7) is 1.48. The lowest BCUT2D eigenvalue weighted by Crippen LogP contribution is -2.32. The van der Waals surface area contributed by atoms with Gasteiger partial charge >= 0.3 is 5.97 Å². The van der Waals surface area contributed by atoms with Gasteiger partial charge in [-0.2, -0.15) is 0 Å². The standard InChI is InChI=1S/C20H21ClFNO3/c1-3-15(14-8-5-4-6-9-14)20(25)26-13-19(24)23(2)12-16-17(21)10-7-11-18(16)22/h4-11,15H,3,12-13H2,1-2H3. The van der Waals surface area contributed by atoms with Crippen LogP contribution in [0.2, 0.25) is 5.02 Å². The summed E-state index contributed by atoms with van der Waals surface area (Å²) in [6.07, 6.45) is 0.567. The van der Waals surface area contributed by atoms with Crippen molar-refractivity contribution in [2.75, 3.05) is 13.7 Å². The summed E-state index contributed by atoms with van der Waals surface area (Å²) in [5.41, 5.74) is 1.08. The van der Waals surface area contributed by atoms with Crippen molar-refractivity contribution in [3.8, 4) is 0 Å². The van der Waals surface area contributed by atoms with Gasteiger partial charge < -0.3 is 9.64 Å². The van der Waals surface area contributed by atoms with Gasteiger partial charge in [0.25, 0.3) is 5.91 Å². The fraction of sp³-hybridized carbons (Fsp3) is 0.300. The molecule has 0 radical (unpaired) electrons. The van der Waals surface area contributed by atoms with E-state index in [1.54, 1.807) is 6.07 Å². The zero-order chi connectivity index (χ0) is 19.1. The third-order valence-electron chi connectivity index (χ3n) is 4.12. The van der Waals surface area contributed by atoms with Gasteiger partial charge in [-0.3, -0.25) is 9.59 Å². The summed E-state index contributed by atoms with van der Waals surface area (Å²) in [6, 6.07) is 13.6. The second-order valence-electron chi connectivity index (χ2n) is 5.93. The maximum atomic E-state index is 13.8. The first kappa shape index (κ1) is 19.9. The van der Waals surface area contributed by atoms with Gasteiger partial charge in [0.1, 0.15) is 5.82 Å². The highest BCUT2D eigenvalue weighted by Gasteiger charge is 2.22. The molecule has 6 heteroatoms. The van der Waals surface area contributed by atoms with Crippen molar-refractivity contribution >= 4 is 23.5 Å². The summed E-state index contributed by atoms with van der Waals surface area (Å²) in [5.74, 6) is -1.79. The second-order valence-corrected chi connectivity index (χ2v) is 6.34. The van der Waals surface area contributed by atoms with Gasteiger partial charge in [0.15, 0.2) is 6.61 Å². The predicted octanol–water partition coefficient (Wildman–Crippen LogP) is 4.17. The number of halogens is 2. The van der Waals surface area contributed by atoms with Crippen molar-refractivity contribution in [2.45, 2.75) is 25.8 Å². The van der Waals surface area contributed by atoms with E-state index in [0.717, 1.165) is 5.56 Å². The van der Waals surface area contributed by atoms with E-state index >= 15 is 0 Å². The van der Waals surface area contributed by atoms with E-state index in [-0.39, 0.29) is 17.1 Å². The topological polar surface area (TPSA) is 46.6 Å². The lowest BCUT2D eigenvalue weighted by molar-refractivity contribution is -0.153. The molecule has 0 N–H and O–H groups in total. The summed E-state index contributed by atoms with van der Waals surface area (Å²) in [5, 5.41) is 0.247. The predicted molar refractivity (Wildman–Crippen MR) is 98.3 cm³/mol. The number of hydrogen-bond donors (Lipinski definition) is 0. The van der Waals surface area contributed by atoms with Crippen molar-refractivity contribution in [3.05, 3.63) is 70.5 Å². The molecule has 0 aliphatic carbocycles. The van der Waals surface area contributed by atoms with Crippen molar-refractivity contribution in [2.24, 2.45) is 0 Å². The number of ether oxygens (including phenoxy) is 1. The molecular weight excluding hydrogens is 357 g/mol. The fourth-order valence-corrected chi connectivity index (χ4v) is 2.80. The lowest BCUT2D eigenvalue weighted by atomic mass is 9.97. The largest absolute Gasteiger partial charge is 0.455 e. The minimum atomic E-state index is -0.482. The quantitative estimate of drug-likeness (QED) is 0.680. The van der Waals surface area contributed by atoms with Gasteiger partial charge in [0.05, 0.1) is 5.92 Å². The summed E-state index contributed by atoms with van der Waals surface area (Å²) < 4.78 is 19.0. The van der Waals surface area contributed by atoms with Crippen LogP contribution in [0.25, 0.3) is 0 Å². The van der Waals surface area contributed by atoms with Gasteiger partial charge in [-0.1, -0.05) is 54.9 Å².